The molecule has 0 aromatic rings. The van der Waals surface area contributed by atoms with Crippen LogP contribution in [-0.4, -0.2) is 95.9 Å². The highest BCUT2D eigenvalue weighted by Gasteiger charge is 2.29. The van der Waals surface area contributed by atoms with Crippen molar-refractivity contribution < 1.29 is 75.8 Å². The number of carbonyl (C=O) groups is 3. The van der Waals surface area contributed by atoms with E-state index in [0.717, 1.165) is 135 Å². The van der Waals surface area contributed by atoms with Crippen molar-refractivity contribution in [1.29, 1.82) is 0 Å². The lowest BCUT2D eigenvalue weighted by Crippen LogP contribution is -2.29. The van der Waals surface area contributed by atoms with Gasteiger partial charge in [0.2, 0.25) is 0 Å². The van der Waals surface area contributed by atoms with Crippen molar-refractivity contribution in [3.63, 3.8) is 0 Å². The normalized spacial score (nSPS) is 14.7. The number of rotatable bonds is 84. The molecule has 0 fully saturated rings. The summed E-state index contributed by atoms with van der Waals surface area (Å²) >= 11 is 0. The Balaban J connectivity index is 4.55. The van der Waals surface area contributed by atoms with E-state index in [4.69, 9.17) is 32.3 Å². The van der Waals surface area contributed by atoms with Crippen LogP contribution in [-0.2, 0) is 55.8 Å². The van der Waals surface area contributed by atoms with Crippen molar-refractivity contribution in [3.05, 3.63) is 182 Å². The van der Waals surface area contributed by atoms with Crippen molar-refractivity contribution in [2.45, 2.75) is 373 Å². The Bertz CT molecular complexity index is 2820. The second-order valence-electron chi connectivity index (χ2n) is 29.6. The van der Waals surface area contributed by atoms with Gasteiger partial charge in [0.05, 0.1) is 26.4 Å². The van der Waals surface area contributed by atoms with E-state index in [9.17, 15) is 43.5 Å². The van der Waals surface area contributed by atoms with Gasteiger partial charge in [0.15, 0.2) is 6.10 Å². The number of ether oxygens (including phenoxy) is 3. The van der Waals surface area contributed by atoms with Gasteiger partial charge >= 0.3 is 33.6 Å². The quantitative estimate of drug-likeness (QED) is 0.0146. The zero-order valence-corrected chi connectivity index (χ0v) is 73.9. The van der Waals surface area contributed by atoms with Crippen LogP contribution in [0.15, 0.2) is 182 Å². The number of aliphatic hydroxyl groups excluding tert-OH is 2. The molecule has 0 radical (unpaired) electrons. The minimum Gasteiger partial charge on any atom is -0.463 e. The molecule has 0 aliphatic heterocycles. The third-order valence-electron chi connectivity index (χ3n) is 18.6. The molecule has 115 heavy (non-hydrogen) atoms. The lowest BCUT2D eigenvalue weighted by molar-refractivity contribution is -0.161. The first-order valence-corrected chi connectivity index (χ1v) is 48.1. The van der Waals surface area contributed by atoms with Crippen LogP contribution in [0.1, 0.15) is 355 Å². The Labute approximate surface area is 700 Å². The van der Waals surface area contributed by atoms with Crippen molar-refractivity contribution >= 4 is 33.6 Å². The molecule has 5 unspecified atom stereocenters. The van der Waals surface area contributed by atoms with Gasteiger partial charge in [0.1, 0.15) is 25.4 Å². The molecule has 0 aliphatic carbocycles. The van der Waals surface area contributed by atoms with Crippen LogP contribution < -0.4 is 0 Å². The van der Waals surface area contributed by atoms with Gasteiger partial charge in [-0.15, -0.1) is 0 Å². The van der Waals surface area contributed by atoms with Crippen molar-refractivity contribution in [2.75, 3.05) is 39.6 Å². The largest absolute Gasteiger partial charge is 0.472 e. The SMILES string of the molecule is CC/C=C\C/C=C\C/C=C\C/C=C\C/C=C\C/C=C\CCC(=O)OC(COC(=O)CCCCCCCCCCC/C=C\C/C=C\C/C=C\C/C=C\CCCCC)COP(=O)(O)OCC(O)COP(=O)(O)OCC(O)COC(=O)CCCCCCCCCCCCCCCCCCCCC/C=C\C/C=C\C/C=C\C/C=C\C/C=C\CC. The minimum atomic E-state index is -4.96. The first-order chi connectivity index (χ1) is 56.2. The highest BCUT2D eigenvalue weighted by Crippen LogP contribution is 2.45. The molecule has 5 atom stereocenters. The van der Waals surface area contributed by atoms with Crippen LogP contribution in [0.25, 0.3) is 0 Å². The van der Waals surface area contributed by atoms with E-state index in [1.165, 1.54) is 154 Å². The molecule has 16 nitrogen and oxygen atoms in total. The Morgan fingerprint density at radius 1 is 0.252 bits per heavy atom. The summed E-state index contributed by atoms with van der Waals surface area (Å²) in [7, 11) is -9.84. The molecule has 0 rings (SSSR count). The molecule has 0 saturated heterocycles. The van der Waals surface area contributed by atoms with E-state index < -0.39 is 91.5 Å². The molecule has 0 aromatic heterocycles. The Hall–Kier alpha value is -5.35. The number of unbranched alkanes of at least 4 members (excludes halogenated alkanes) is 31. The van der Waals surface area contributed by atoms with Crippen molar-refractivity contribution in [3.8, 4) is 0 Å². The second kappa shape index (κ2) is 87.9. The summed E-state index contributed by atoms with van der Waals surface area (Å²) in [5.41, 5.74) is 0. The van der Waals surface area contributed by atoms with E-state index in [2.05, 4.69) is 185 Å². The summed E-state index contributed by atoms with van der Waals surface area (Å²) in [5, 5.41) is 20.7. The molecule has 0 spiro atoms. The van der Waals surface area contributed by atoms with Crippen LogP contribution in [0.4, 0.5) is 0 Å². The lowest BCUT2D eigenvalue weighted by atomic mass is 10.0. The number of hydrogen-bond acceptors (Lipinski definition) is 14. The summed E-state index contributed by atoms with van der Waals surface area (Å²) < 4.78 is 61.3. The maximum absolute atomic E-state index is 13.0. The molecular weight excluding hydrogens is 1480 g/mol. The third kappa shape index (κ3) is 89.3. The first kappa shape index (κ1) is 110. The molecule has 656 valence electrons. The molecule has 0 aromatic carbocycles. The Morgan fingerprint density at radius 2 is 0.478 bits per heavy atom. The topological polar surface area (TPSA) is 231 Å². The predicted octanol–water partition coefficient (Wildman–Crippen LogP) is 27.7. The first-order valence-electron chi connectivity index (χ1n) is 45.1. The van der Waals surface area contributed by atoms with Gasteiger partial charge in [0, 0.05) is 19.3 Å². The fraction of sp³-hybridized carbons (Fsp3) is 0.660. The smallest absolute Gasteiger partial charge is 0.463 e. The van der Waals surface area contributed by atoms with Gasteiger partial charge in [-0.3, -0.25) is 32.5 Å². The summed E-state index contributed by atoms with van der Waals surface area (Å²) in [4.78, 5) is 58.9. The lowest BCUT2D eigenvalue weighted by Gasteiger charge is -2.21. The molecule has 0 aliphatic rings. The highest BCUT2D eigenvalue weighted by molar-refractivity contribution is 7.47. The van der Waals surface area contributed by atoms with Crippen LogP contribution >= 0.6 is 15.6 Å². The van der Waals surface area contributed by atoms with E-state index in [0.29, 0.717) is 25.7 Å². The van der Waals surface area contributed by atoms with Crippen molar-refractivity contribution in [1.82, 2.24) is 0 Å². The van der Waals surface area contributed by atoms with Gasteiger partial charge in [0.25, 0.3) is 0 Å². The fourth-order valence-electron chi connectivity index (χ4n) is 11.8. The van der Waals surface area contributed by atoms with E-state index in [-0.39, 0.29) is 19.3 Å². The minimum absolute atomic E-state index is 0.0272. The molecule has 18 heteroatoms. The monoisotopic (exact) mass is 1650 g/mol. The maximum atomic E-state index is 13.0. The standard InChI is InChI=1S/C97H162O16P2/c1-4-7-10-13-16-19-22-25-28-31-34-36-38-40-41-42-43-44-45-46-47-48-49-51-53-54-57-59-62-65-68-71-74-77-80-83-95(100)107-86-92(98)87-109-114(103,104)110-88-93(99)89-111-115(105,106)112-91-94(113-97(102)85-82-79-76-73-70-67-64-61-56-33-30-27-24-21-18-15-12-9-6-3)90-108-96(101)84-81-78-75-72-69-66-63-60-58-55-52-50-39-37-35-32-29-26-23-20-17-14-11-8-5-2/h7,9-10,12,16-21,25-30,34-37,40-41,50,52,56,61,67,70,76,79,92-94,98-99H,4-6,8,11,13-15,22-24,31-33,38-39,42-49,51,53-55,57-60,62-66,68-69,71-75,77-78,80-91H2,1-3H3,(H,103,104)(H,105,106)/b10-7-,12-9-,19-16-,20-17-,21-18-,28-25-,29-26-,30-27-,36-34-,37-35-,41-40-,52-50-,61-56-,70-67-,79-76-. The predicted molar refractivity (Wildman–Crippen MR) is 481 cm³/mol. The molecule has 0 saturated carbocycles. The molecule has 4 N–H and O–H groups in total. The summed E-state index contributed by atoms with van der Waals surface area (Å²) in [6.45, 7) is 2.35. The fourth-order valence-corrected chi connectivity index (χ4v) is 13.4. The molecular formula is C97H162O16P2. The Kier molecular flexibility index (Phi) is 83.9. The van der Waals surface area contributed by atoms with Crippen LogP contribution in [0.5, 0.6) is 0 Å². The number of phosphoric ester groups is 2. The number of carbonyl (C=O) groups excluding carboxylic acids is 3. The van der Waals surface area contributed by atoms with Gasteiger partial charge in [-0.2, -0.15) is 0 Å². The summed E-state index contributed by atoms with van der Waals surface area (Å²) in [6, 6.07) is 0. The van der Waals surface area contributed by atoms with E-state index in [1.807, 2.05) is 18.2 Å². The van der Waals surface area contributed by atoms with Crippen molar-refractivity contribution in [2.24, 2.45) is 0 Å². The number of allylic oxidation sites excluding steroid dienone is 30. The van der Waals surface area contributed by atoms with Crippen LogP contribution in [0.2, 0.25) is 0 Å². The maximum Gasteiger partial charge on any atom is 0.472 e. The summed E-state index contributed by atoms with van der Waals surface area (Å²) in [5.74, 6) is -1.68. The van der Waals surface area contributed by atoms with Gasteiger partial charge < -0.3 is 34.2 Å². The number of phosphoric acid groups is 2. The molecule has 0 heterocycles. The van der Waals surface area contributed by atoms with Gasteiger partial charge in [-0.25, -0.2) is 9.13 Å². The highest BCUT2D eigenvalue weighted by atomic mass is 31.2. The average Bonchev–Trinajstić information content (AvgIpc) is 0.900. The van der Waals surface area contributed by atoms with Gasteiger partial charge in [-0.05, 0) is 148 Å². The number of aliphatic hydroxyl groups is 2. The van der Waals surface area contributed by atoms with Crippen LogP contribution in [0, 0.1) is 0 Å². The van der Waals surface area contributed by atoms with E-state index >= 15 is 0 Å². The molecule has 0 bridgehead atoms. The molecule has 0 amide bonds. The summed E-state index contributed by atoms with van der Waals surface area (Å²) in [6.07, 6.45) is 115. The van der Waals surface area contributed by atoms with Crippen LogP contribution in [0.3, 0.4) is 0 Å². The number of esters is 3. The van der Waals surface area contributed by atoms with E-state index in [1.54, 1.807) is 0 Å². The third-order valence-corrected chi connectivity index (χ3v) is 20.5. The zero-order chi connectivity index (χ0) is 83.6. The van der Waals surface area contributed by atoms with Gasteiger partial charge in [-0.1, -0.05) is 370 Å². The Morgan fingerprint density at radius 3 is 0.765 bits per heavy atom. The number of hydrogen-bond donors (Lipinski definition) is 4. The second-order valence-corrected chi connectivity index (χ2v) is 32.5. The average molecular weight is 1650 g/mol. The zero-order valence-electron chi connectivity index (χ0n) is 72.1.